The van der Waals surface area contributed by atoms with Gasteiger partial charge in [-0.25, -0.2) is 0 Å². The van der Waals surface area contributed by atoms with E-state index in [9.17, 15) is 0 Å². The second kappa shape index (κ2) is 6.76. The monoisotopic (exact) mass is 340 g/mol. The number of ether oxygens (including phenoxy) is 2. The third-order valence-corrected chi connectivity index (χ3v) is 3.18. The highest BCUT2D eigenvalue weighted by Crippen LogP contribution is 2.32. The topological polar surface area (TPSA) is 56.5 Å². The Hall–Kier alpha value is -1.53. The second-order valence-electron chi connectivity index (χ2n) is 4.54. The smallest absolute Gasteiger partial charge is 0.399 e. The molecule has 0 unspecified atom stereocenters. The summed E-state index contributed by atoms with van der Waals surface area (Å²) in [6, 6.07) is 5.81. The molecule has 1 aromatic heterocycles. The molecule has 1 heterocycles. The predicted octanol–water partition coefficient (Wildman–Crippen LogP) is 3.74. The first-order chi connectivity index (χ1) is 9.58. The van der Waals surface area contributed by atoms with Crippen molar-refractivity contribution in [3.63, 3.8) is 0 Å². The number of hydrogen-bond acceptors (Lipinski definition) is 5. The van der Waals surface area contributed by atoms with Crippen LogP contribution in [0.1, 0.15) is 19.5 Å². The number of nitrogens with one attached hydrogen (secondary N) is 1. The molecule has 1 N–H and O–H groups in total. The van der Waals surface area contributed by atoms with Crippen LogP contribution < -0.4 is 14.8 Å². The van der Waals surface area contributed by atoms with Crippen LogP contribution in [0.3, 0.4) is 0 Å². The van der Waals surface area contributed by atoms with Crippen LogP contribution in [0.5, 0.6) is 17.6 Å². The Labute approximate surface area is 126 Å². The number of halogens is 1. The molecular weight excluding hydrogens is 324 g/mol. The number of oxazole rings is 1. The molecule has 0 radical (unpaired) electrons. The summed E-state index contributed by atoms with van der Waals surface area (Å²) in [6.07, 6.45) is 1.80. The Morgan fingerprint density at radius 3 is 2.85 bits per heavy atom. The van der Waals surface area contributed by atoms with Crippen molar-refractivity contribution >= 4 is 15.9 Å². The quantitative estimate of drug-likeness (QED) is 0.868. The van der Waals surface area contributed by atoms with E-state index in [4.69, 9.17) is 13.9 Å². The molecule has 1 aromatic carbocycles. The van der Waals surface area contributed by atoms with Crippen LogP contribution in [0.15, 0.2) is 33.4 Å². The maximum atomic E-state index is 5.59. The molecule has 2 aromatic rings. The molecule has 0 spiro atoms. The molecule has 0 amide bonds. The number of methoxy groups -OCH3 is 1. The van der Waals surface area contributed by atoms with Crippen molar-refractivity contribution in [2.45, 2.75) is 26.4 Å². The minimum Gasteiger partial charge on any atom is -0.497 e. The Balaban J connectivity index is 2.03. The minimum atomic E-state index is 0.219. The summed E-state index contributed by atoms with van der Waals surface area (Å²) in [5, 5.41) is 3.26. The zero-order chi connectivity index (χ0) is 14.5. The van der Waals surface area contributed by atoms with Crippen LogP contribution in [-0.2, 0) is 6.54 Å². The van der Waals surface area contributed by atoms with E-state index < -0.39 is 0 Å². The predicted molar refractivity (Wildman–Crippen MR) is 79.2 cm³/mol. The molecule has 0 aliphatic carbocycles. The van der Waals surface area contributed by atoms with E-state index in [0.717, 1.165) is 15.9 Å². The Kier molecular flexibility index (Phi) is 5.03. The molecule has 0 saturated carbocycles. The first-order valence-corrected chi connectivity index (χ1v) is 7.07. The summed E-state index contributed by atoms with van der Waals surface area (Å²) >= 11 is 3.42. The van der Waals surface area contributed by atoms with Gasteiger partial charge in [-0.15, -0.1) is 0 Å². The maximum absolute atomic E-state index is 5.59. The van der Waals surface area contributed by atoms with Crippen LogP contribution in [0, 0.1) is 0 Å². The minimum absolute atomic E-state index is 0.219. The van der Waals surface area contributed by atoms with Crippen LogP contribution in [0.2, 0.25) is 0 Å². The van der Waals surface area contributed by atoms with Crippen molar-refractivity contribution in [3.8, 4) is 17.6 Å². The van der Waals surface area contributed by atoms with Gasteiger partial charge in [-0.05, 0) is 34.1 Å². The van der Waals surface area contributed by atoms with Crippen LogP contribution in [0.4, 0.5) is 0 Å². The average molecular weight is 341 g/mol. The van der Waals surface area contributed by atoms with Gasteiger partial charge >= 0.3 is 6.08 Å². The SMILES string of the molecule is COc1ccc(Oc2nc(CNC(C)C)co2)c(Br)c1. The Morgan fingerprint density at radius 1 is 1.40 bits per heavy atom. The normalized spacial score (nSPS) is 10.8. The van der Waals surface area contributed by atoms with Gasteiger partial charge in [-0.1, -0.05) is 13.8 Å². The van der Waals surface area contributed by atoms with Gasteiger partial charge in [-0.3, -0.25) is 0 Å². The molecule has 0 bridgehead atoms. The Bertz CT molecular complexity index is 569. The van der Waals surface area contributed by atoms with Gasteiger partial charge in [0.25, 0.3) is 0 Å². The van der Waals surface area contributed by atoms with Crippen molar-refractivity contribution in [1.82, 2.24) is 10.3 Å². The molecule has 0 fully saturated rings. The van der Waals surface area contributed by atoms with Crippen molar-refractivity contribution < 1.29 is 13.9 Å². The molecule has 0 atom stereocenters. The summed E-state index contributed by atoms with van der Waals surface area (Å²) < 4.78 is 16.8. The standard InChI is InChI=1S/C14H17BrN2O3/c1-9(2)16-7-10-8-19-14(17-10)20-13-5-4-11(18-3)6-12(13)15/h4-6,8-9,16H,7H2,1-3H3. The zero-order valence-corrected chi connectivity index (χ0v) is 13.2. The van der Waals surface area contributed by atoms with Gasteiger partial charge in [0.05, 0.1) is 17.3 Å². The third-order valence-electron chi connectivity index (χ3n) is 2.56. The van der Waals surface area contributed by atoms with E-state index in [1.165, 1.54) is 0 Å². The zero-order valence-electron chi connectivity index (χ0n) is 11.6. The third kappa shape index (κ3) is 3.98. The van der Waals surface area contributed by atoms with E-state index in [1.54, 1.807) is 19.4 Å². The maximum Gasteiger partial charge on any atom is 0.399 e. The molecule has 6 heteroatoms. The molecule has 2 rings (SSSR count). The highest BCUT2D eigenvalue weighted by Gasteiger charge is 2.10. The fraction of sp³-hybridized carbons (Fsp3) is 0.357. The van der Waals surface area contributed by atoms with Gasteiger partial charge in [-0.2, -0.15) is 4.98 Å². The summed E-state index contributed by atoms with van der Waals surface area (Å²) in [5.74, 6) is 1.37. The Morgan fingerprint density at radius 2 is 2.20 bits per heavy atom. The van der Waals surface area contributed by atoms with E-state index >= 15 is 0 Å². The van der Waals surface area contributed by atoms with Gasteiger partial charge < -0.3 is 19.2 Å². The lowest BCUT2D eigenvalue weighted by molar-refractivity contribution is 0.328. The van der Waals surface area contributed by atoms with Crippen molar-refractivity contribution in [2.75, 3.05) is 7.11 Å². The lowest BCUT2D eigenvalue weighted by Crippen LogP contribution is -2.21. The summed E-state index contributed by atoms with van der Waals surface area (Å²) in [6.45, 7) is 4.80. The summed E-state index contributed by atoms with van der Waals surface area (Å²) in [7, 11) is 1.62. The van der Waals surface area contributed by atoms with E-state index in [1.807, 2.05) is 12.1 Å². The molecule has 108 valence electrons. The van der Waals surface area contributed by atoms with Crippen molar-refractivity contribution in [3.05, 3.63) is 34.6 Å². The average Bonchev–Trinajstić information content (AvgIpc) is 2.86. The molecule has 0 aliphatic heterocycles. The number of benzene rings is 1. The summed E-state index contributed by atoms with van der Waals surface area (Å²) in [5.41, 5.74) is 0.804. The van der Waals surface area contributed by atoms with Gasteiger partial charge in [0.1, 0.15) is 17.8 Å². The first-order valence-electron chi connectivity index (χ1n) is 6.27. The fourth-order valence-corrected chi connectivity index (χ4v) is 1.95. The highest BCUT2D eigenvalue weighted by atomic mass is 79.9. The first kappa shape index (κ1) is 14.9. The van der Waals surface area contributed by atoms with E-state index in [-0.39, 0.29) is 6.08 Å². The molecule has 0 saturated heterocycles. The molecule has 0 aliphatic rings. The van der Waals surface area contributed by atoms with Crippen LogP contribution in [-0.4, -0.2) is 18.1 Å². The molecular formula is C14H17BrN2O3. The molecule has 20 heavy (non-hydrogen) atoms. The van der Waals surface area contributed by atoms with Crippen molar-refractivity contribution in [2.24, 2.45) is 0 Å². The number of hydrogen-bond donors (Lipinski definition) is 1. The fourth-order valence-electron chi connectivity index (χ4n) is 1.51. The largest absolute Gasteiger partial charge is 0.497 e. The van der Waals surface area contributed by atoms with Gasteiger partial charge in [0, 0.05) is 12.6 Å². The second-order valence-corrected chi connectivity index (χ2v) is 5.39. The number of nitrogens with zero attached hydrogens (tertiary/aromatic N) is 1. The molecule has 5 nitrogen and oxygen atoms in total. The highest BCUT2D eigenvalue weighted by molar-refractivity contribution is 9.10. The van der Waals surface area contributed by atoms with Crippen LogP contribution in [0.25, 0.3) is 0 Å². The van der Waals surface area contributed by atoms with Gasteiger partial charge in [0.15, 0.2) is 0 Å². The van der Waals surface area contributed by atoms with Crippen molar-refractivity contribution in [1.29, 1.82) is 0 Å². The summed E-state index contributed by atoms with van der Waals surface area (Å²) in [4.78, 5) is 4.26. The number of rotatable bonds is 6. The lowest BCUT2D eigenvalue weighted by Gasteiger charge is -2.06. The van der Waals surface area contributed by atoms with Crippen LogP contribution >= 0.6 is 15.9 Å². The number of aromatic nitrogens is 1. The van der Waals surface area contributed by atoms with E-state index in [2.05, 4.69) is 40.1 Å². The van der Waals surface area contributed by atoms with E-state index in [0.29, 0.717) is 18.3 Å². The van der Waals surface area contributed by atoms with Gasteiger partial charge in [0.2, 0.25) is 0 Å². The lowest BCUT2D eigenvalue weighted by atomic mass is 10.3.